The molecule has 1 amide bonds. The Morgan fingerprint density at radius 3 is 2.73 bits per heavy atom. The highest BCUT2D eigenvalue weighted by Crippen LogP contribution is 2.29. The fourth-order valence-electron chi connectivity index (χ4n) is 3.90. The highest BCUT2D eigenvalue weighted by molar-refractivity contribution is 7.91. The third kappa shape index (κ3) is 3.24. The Morgan fingerprint density at radius 2 is 2.04 bits per heavy atom. The smallest absolute Gasteiger partial charge is 0.257 e. The summed E-state index contributed by atoms with van der Waals surface area (Å²) in [6, 6.07) is 3.35. The van der Waals surface area contributed by atoms with Crippen molar-refractivity contribution in [2.24, 2.45) is 7.05 Å². The SMILES string of the molecule is Cn1cc(C(=O)N2CCN(Cc3cccnc3)[C@@H]3CS(=O)(=O)C[C@@H]32)cn1. The van der Waals surface area contributed by atoms with Gasteiger partial charge in [0.2, 0.25) is 0 Å². The first kappa shape index (κ1) is 17.2. The molecule has 138 valence electrons. The number of hydrogen-bond acceptors (Lipinski definition) is 6. The van der Waals surface area contributed by atoms with Gasteiger partial charge < -0.3 is 4.90 Å². The van der Waals surface area contributed by atoms with Crippen LogP contribution < -0.4 is 0 Å². The van der Waals surface area contributed by atoms with E-state index in [4.69, 9.17) is 0 Å². The lowest BCUT2D eigenvalue weighted by molar-refractivity contribution is 0.0306. The molecule has 0 radical (unpaired) electrons. The molecule has 0 spiro atoms. The van der Waals surface area contributed by atoms with E-state index in [1.807, 2.05) is 12.1 Å². The number of rotatable bonds is 3. The predicted octanol–water partition coefficient (Wildman–Crippen LogP) is -0.0613. The number of sulfone groups is 1. The van der Waals surface area contributed by atoms with Gasteiger partial charge >= 0.3 is 0 Å². The Balaban J connectivity index is 1.58. The van der Waals surface area contributed by atoms with Crippen LogP contribution in [-0.4, -0.2) is 75.6 Å². The van der Waals surface area contributed by atoms with Crippen molar-refractivity contribution in [3.8, 4) is 0 Å². The number of carbonyl (C=O) groups excluding carboxylic acids is 1. The standard InChI is InChI=1S/C17H21N5O3S/c1-20-10-14(8-19-20)17(23)22-6-5-21(9-13-3-2-4-18-7-13)15-11-26(24,25)12-16(15)22/h2-4,7-8,10,15-16H,5-6,9,11-12H2,1H3/t15-,16+/m1/s1. The van der Waals surface area contributed by atoms with E-state index in [0.717, 1.165) is 5.56 Å². The summed E-state index contributed by atoms with van der Waals surface area (Å²) in [4.78, 5) is 20.9. The number of amides is 1. The van der Waals surface area contributed by atoms with Crippen LogP contribution >= 0.6 is 0 Å². The Bertz CT molecular complexity index is 911. The number of aryl methyl sites for hydroxylation is 1. The second kappa shape index (κ2) is 6.48. The summed E-state index contributed by atoms with van der Waals surface area (Å²) in [5, 5.41) is 4.05. The van der Waals surface area contributed by atoms with Crippen LogP contribution in [0.25, 0.3) is 0 Å². The molecule has 2 aromatic heterocycles. The van der Waals surface area contributed by atoms with E-state index in [1.54, 1.807) is 35.2 Å². The number of pyridine rings is 1. The highest BCUT2D eigenvalue weighted by atomic mass is 32.2. The first-order chi connectivity index (χ1) is 12.4. The molecule has 0 aromatic carbocycles. The molecule has 26 heavy (non-hydrogen) atoms. The van der Waals surface area contributed by atoms with Crippen LogP contribution in [0.15, 0.2) is 36.9 Å². The molecule has 2 aromatic rings. The number of hydrogen-bond donors (Lipinski definition) is 0. The lowest BCUT2D eigenvalue weighted by Crippen LogP contribution is -2.60. The van der Waals surface area contributed by atoms with E-state index >= 15 is 0 Å². The molecule has 4 heterocycles. The maximum absolute atomic E-state index is 12.9. The van der Waals surface area contributed by atoms with Crippen molar-refractivity contribution in [2.45, 2.75) is 18.6 Å². The minimum absolute atomic E-state index is 0.0210. The van der Waals surface area contributed by atoms with E-state index in [2.05, 4.69) is 15.0 Å². The van der Waals surface area contributed by atoms with Gasteiger partial charge in [0, 0.05) is 51.3 Å². The van der Waals surface area contributed by atoms with Gasteiger partial charge in [-0.05, 0) is 11.6 Å². The van der Waals surface area contributed by atoms with Gasteiger partial charge in [-0.2, -0.15) is 5.10 Å². The third-order valence-electron chi connectivity index (χ3n) is 5.11. The Kier molecular flexibility index (Phi) is 4.28. The number of aromatic nitrogens is 3. The largest absolute Gasteiger partial charge is 0.332 e. The van der Waals surface area contributed by atoms with Crippen molar-refractivity contribution in [2.75, 3.05) is 24.6 Å². The van der Waals surface area contributed by atoms with Crippen LogP contribution in [0.5, 0.6) is 0 Å². The molecule has 0 bridgehead atoms. The second-order valence-electron chi connectivity index (χ2n) is 6.94. The number of piperazine rings is 1. The van der Waals surface area contributed by atoms with Crippen molar-refractivity contribution in [3.63, 3.8) is 0 Å². The summed E-state index contributed by atoms with van der Waals surface area (Å²) in [7, 11) is -1.41. The fourth-order valence-corrected chi connectivity index (χ4v) is 5.91. The summed E-state index contributed by atoms with van der Waals surface area (Å²) in [5.74, 6) is -0.0340. The number of nitrogens with zero attached hydrogens (tertiary/aromatic N) is 5. The summed E-state index contributed by atoms with van der Waals surface area (Å²) >= 11 is 0. The van der Waals surface area contributed by atoms with Crippen LogP contribution in [0.2, 0.25) is 0 Å². The molecule has 2 saturated heterocycles. The lowest BCUT2D eigenvalue weighted by atomic mass is 10.0. The molecule has 2 atom stereocenters. The normalized spacial score (nSPS) is 25.2. The predicted molar refractivity (Wildman–Crippen MR) is 95.1 cm³/mol. The summed E-state index contributed by atoms with van der Waals surface area (Å²) in [6.45, 7) is 1.78. The summed E-state index contributed by atoms with van der Waals surface area (Å²) in [5.41, 5.74) is 1.54. The Morgan fingerprint density at radius 1 is 1.23 bits per heavy atom. The molecule has 2 aliphatic rings. The topological polar surface area (TPSA) is 88.4 Å². The van der Waals surface area contributed by atoms with E-state index in [9.17, 15) is 13.2 Å². The van der Waals surface area contributed by atoms with Crippen LogP contribution in [0, 0.1) is 0 Å². The lowest BCUT2D eigenvalue weighted by Gasteiger charge is -2.43. The van der Waals surface area contributed by atoms with Crippen LogP contribution in [0.3, 0.4) is 0 Å². The van der Waals surface area contributed by atoms with Gasteiger partial charge in [0.25, 0.3) is 5.91 Å². The molecule has 9 heteroatoms. The molecular weight excluding hydrogens is 354 g/mol. The molecule has 0 unspecified atom stereocenters. The quantitative estimate of drug-likeness (QED) is 0.747. The van der Waals surface area contributed by atoms with Gasteiger partial charge in [-0.25, -0.2) is 8.42 Å². The van der Waals surface area contributed by atoms with E-state index < -0.39 is 9.84 Å². The van der Waals surface area contributed by atoms with Gasteiger partial charge in [-0.1, -0.05) is 6.07 Å². The number of fused-ring (bicyclic) bond motifs is 1. The molecule has 8 nitrogen and oxygen atoms in total. The molecular formula is C17H21N5O3S. The molecule has 4 rings (SSSR count). The average Bonchev–Trinajstić information content (AvgIpc) is 3.18. The van der Waals surface area contributed by atoms with Gasteiger partial charge in [-0.15, -0.1) is 0 Å². The van der Waals surface area contributed by atoms with Gasteiger partial charge in [0.1, 0.15) is 0 Å². The van der Waals surface area contributed by atoms with Crippen molar-refractivity contribution in [3.05, 3.63) is 48.0 Å². The van der Waals surface area contributed by atoms with Crippen LogP contribution in [-0.2, 0) is 23.4 Å². The van der Waals surface area contributed by atoms with Crippen LogP contribution in [0.1, 0.15) is 15.9 Å². The Labute approximate surface area is 152 Å². The molecule has 2 fully saturated rings. The maximum atomic E-state index is 12.9. The van der Waals surface area contributed by atoms with Gasteiger partial charge in [0.15, 0.2) is 9.84 Å². The van der Waals surface area contributed by atoms with Crippen molar-refractivity contribution < 1.29 is 13.2 Å². The maximum Gasteiger partial charge on any atom is 0.257 e. The molecule has 2 aliphatic heterocycles. The average molecular weight is 375 g/mol. The van der Waals surface area contributed by atoms with E-state index in [1.165, 1.54) is 6.20 Å². The van der Waals surface area contributed by atoms with Gasteiger partial charge in [-0.3, -0.25) is 19.4 Å². The van der Waals surface area contributed by atoms with Crippen molar-refractivity contribution in [1.29, 1.82) is 0 Å². The van der Waals surface area contributed by atoms with Crippen molar-refractivity contribution in [1.82, 2.24) is 24.6 Å². The second-order valence-corrected chi connectivity index (χ2v) is 9.10. The molecule has 0 N–H and O–H groups in total. The first-order valence-corrected chi connectivity index (χ1v) is 10.4. The molecule has 0 saturated carbocycles. The summed E-state index contributed by atoms with van der Waals surface area (Å²) < 4.78 is 26.2. The van der Waals surface area contributed by atoms with E-state index in [0.29, 0.717) is 25.2 Å². The molecule has 0 aliphatic carbocycles. The zero-order valence-electron chi connectivity index (χ0n) is 14.5. The van der Waals surface area contributed by atoms with Crippen LogP contribution in [0.4, 0.5) is 0 Å². The monoisotopic (exact) mass is 375 g/mol. The Hall–Kier alpha value is -2.26. The third-order valence-corrected chi connectivity index (χ3v) is 6.81. The first-order valence-electron chi connectivity index (χ1n) is 8.56. The minimum atomic E-state index is -3.17. The zero-order valence-corrected chi connectivity index (χ0v) is 15.3. The fraction of sp³-hybridized carbons (Fsp3) is 0.471. The number of carbonyl (C=O) groups is 1. The highest BCUT2D eigenvalue weighted by Gasteiger charge is 2.48. The van der Waals surface area contributed by atoms with Gasteiger partial charge in [0.05, 0.1) is 29.3 Å². The summed E-state index contributed by atoms with van der Waals surface area (Å²) in [6.07, 6.45) is 6.72. The van der Waals surface area contributed by atoms with Crippen molar-refractivity contribution >= 4 is 15.7 Å². The van der Waals surface area contributed by atoms with E-state index in [-0.39, 0.29) is 29.5 Å². The minimum Gasteiger partial charge on any atom is -0.332 e. The zero-order chi connectivity index (χ0) is 18.3.